The molecule has 1 heterocycles. The topological polar surface area (TPSA) is 35.5 Å². The second-order valence-corrected chi connectivity index (χ2v) is 5.34. The lowest BCUT2D eigenvalue weighted by molar-refractivity contribution is 0.104. The number of carbonyl (C=O) groups excluding carboxylic acids is 1. The Hall–Kier alpha value is -3.07. The van der Waals surface area contributed by atoms with E-state index >= 15 is 0 Å². The predicted octanol–water partition coefficient (Wildman–Crippen LogP) is 4.46. The van der Waals surface area contributed by atoms with Gasteiger partial charge in [-0.25, -0.2) is 0 Å². The van der Waals surface area contributed by atoms with Crippen LogP contribution in [0, 0.1) is 0 Å². The molecule has 0 bridgehead atoms. The molecule has 0 aromatic heterocycles. The Bertz CT molecular complexity index is 920. The third-order valence-corrected chi connectivity index (χ3v) is 3.88. The van der Waals surface area contributed by atoms with Crippen LogP contribution < -0.4 is 9.47 Å². The summed E-state index contributed by atoms with van der Waals surface area (Å²) >= 11 is 0. The Morgan fingerprint density at radius 3 is 2.70 bits per heavy atom. The van der Waals surface area contributed by atoms with E-state index in [1.54, 1.807) is 12.2 Å². The first-order chi connectivity index (χ1) is 11.3. The zero-order chi connectivity index (χ0) is 15.6. The molecule has 3 aromatic carbocycles. The van der Waals surface area contributed by atoms with Crippen LogP contribution in [-0.2, 0) is 0 Å². The fourth-order valence-electron chi connectivity index (χ4n) is 2.72. The number of ether oxygens (including phenoxy) is 2. The molecule has 0 saturated heterocycles. The van der Waals surface area contributed by atoms with Crippen LogP contribution in [0.1, 0.15) is 15.9 Å². The third-order valence-electron chi connectivity index (χ3n) is 3.88. The first kappa shape index (κ1) is 13.6. The lowest BCUT2D eigenvalue weighted by Crippen LogP contribution is -1.95. The molecule has 0 amide bonds. The average Bonchev–Trinajstić information content (AvgIpc) is 3.07. The Labute approximate surface area is 133 Å². The van der Waals surface area contributed by atoms with Crippen molar-refractivity contribution in [3.05, 3.63) is 77.9 Å². The molecule has 3 nitrogen and oxygen atoms in total. The van der Waals surface area contributed by atoms with Gasteiger partial charge in [-0.15, -0.1) is 0 Å². The molecule has 1 aliphatic rings. The summed E-state index contributed by atoms with van der Waals surface area (Å²) in [6.07, 6.45) is 3.39. The maximum Gasteiger partial charge on any atom is 0.231 e. The standard InChI is InChI=1S/C20H14O3/c21-18(17-7-3-5-15-4-1-2-6-16(15)17)10-8-14-9-11-19-20(12-14)23-13-22-19/h1-12H,13H2/b10-8-. The van der Waals surface area contributed by atoms with E-state index in [2.05, 4.69) is 0 Å². The third kappa shape index (κ3) is 2.57. The van der Waals surface area contributed by atoms with Gasteiger partial charge in [-0.05, 0) is 34.5 Å². The Kier molecular flexibility index (Phi) is 3.31. The molecule has 0 N–H and O–H groups in total. The molecule has 0 fully saturated rings. The minimum atomic E-state index is -0.0144. The van der Waals surface area contributed by atoms with Crippen LogP contribution in [0.2, 0.25) is 0 Å². The number of ketones is 1. The largest absolute Gasteiger partial charge is 0.454 e. The van der Waals surface area contributed by atoms with Gasteiger partial charge < -0.3 is 9.47 Å². The van der Waals surface area contributed by atoms with E-state index in [-0.39, 0.29) is 12.6 Å². The van der Waals surface area contributed by atoms with Crippen molar-refractivity contribution >= 4 is 22.6 Å². The zero-order valence-corrected chi connectivity index (χ0v) is 12.4. The number of hydrogen-bond acceptors (Lipinski definition) is 3. The molecule has 0 spiro atoms. The fraction of sp³-hybridized carbons (Fsp3) is 0.0500. The molecule has 3 aromatic rings. The minimum Gasteiger partial charge on any atom is -0.454 e. The zero-order valence-electron chi connectivity index (χ0n) is 12.4. The van der Waals surface area contributed by atoms with Gasteiger partial charge in [0.25, 0.3) is 0 Å². The molecule has 0 unspecified atom stereocenters. The maximum atomic E-state index is 12.5. The molecule has 0 aliphatic carbocycles. The van der Waals surface area contributed by atoms with Crippen molar-refractivity contribution in [3.8, 4) is 11.5 Å². The summed E-state index contributed by atoms with van der Waals surface area (Å²) in [5.41, 5.74) is 1.61. The monoisotopic (exact) mass is 302 g/mol. The van der Waals surface area contributed by atoms with Crippen molar-refractivity contribution < 1.29 is 14.3 Å². The maximum absolute atomic E-state index is 12.5. The summed E-state index contributed by atoms with van der Waals surface area (Å²) in [6.45, 7) is 0.247. The van der Waals surface area contributed by atoms with Crippen molar-refractivity contribution in [2.24, 2.45) is 0 Å². The van der Waals surface area contributed by atoms with Crippen LogP contribution in [0.15, 0.2) is 66.7 Å². The van der Waals surface area contributed by atoms with E-state index in [1.165, 1.54) is 0 Å². The van der Waals surface area contributed by atoms with Crippen LogP contribution >= 0.6 is 0 Å². The highest BCUT2D eigenvalue weighted by Crippen LogP contribution is 2.32. The molecular formula is C20H14O3. The molecule has 3 heteroatoms. The van der Waals surface area contributed by atoms with E-state index in [1.807, 2.05) is 60.7 Å². The molecule has 0 saturated carbocycles. The van der Waals surface area contributed by atoms with Gasteiger partial charge in [0.2, 0.25) is 6.79 Å². The molecular weight excluding hydrogens is 288 g/mol. The van der Waals surface area contributed by atoms with E-state index in [9.17, 15) is 4.79 Å². The number of carbonyl (C=O) groups is 1. The summed E-state index contributed by atoms with van der Waals surface area (Å²) in [4.78, 5) is 12.5. The quantitative estimate of drug-likeness (QED) is 0.529. The number of hydrogen-bond donors (Lipinski definition) is 0. The van der Waals surface area contributed by atoms with Gasteiger partial charge in [0.05, 0.1) is 0 Å². The van der Waals surface area contributed by atoms with E-state index in [0.29, 0.717) is 11.3 Å². The SMILES string of the molecule is O=C(/C=C\c1ccc2c(c1)OCO2)c1cccc2ccccc12. The number of fused-ring (bicyclic) bond motifs is 2. The van der Waals surface area contributed by atoms with Gasteiger partial charge in [-0.1, -0.05) is 54.6 Å². The predicted molar refractivity (Wildman–Crippen MR) is 89.9 cm³/mol. The highest BCUT2D eigenvalue weighted by Gasteiger charge is 2.12. The van der Waals surface area contributed by atoms with Gasteiger partial charge in [0.1, 0.15) is 0 Å². The van der Waals surface area contributed by atoms with Gasteiger partial charge >= 0.3 is 0 Å². The lowest BCUT2D eigenvalue weighted by atomic mass is 10.0. The van der Waals surface area contributed by atoms with Crippen LogP contribution in [-0.4, -0.2) is 12.6 Å². The molecule has 112 valence electrons. The smallest absolute Gasteiger partial charge is 0.231 e. The van der Waals surface area contributed by atoms with Gasteiger partial charge in [-0.3, -0.25) is 4.79 Å². The number of allylic oxidation sites excluding steroid dienone is 1. The summed E-state index contributed by atoms with van der Waals surface area (Å²) in [7, 11) is 0. The van der Waals surface area contributed by atoms with Crippen LogP contribution in [0.5, 0.6) is 11.5 Å². The summed E-state index contributed by atoms with van der Waals surface area (Å²) in [5.74, 6) is 1.44. The van der Waals surface area contributed by atoms with E-state index < -0.39 is 0 Å². The fourth-order valence-corrected chi connectivity index (χ4v) is 2.72. The summed E-state index contributed by atoms with van der Waals surface area (Å²) in [5, 5.41) is 2.03. The van der Waals surface area contributed by atoms with Crippen LogP contribution in [0.25, 0.3) is 16.8 Å². The Morgan fingerprint density at radius 2 is 1.74 bits per heavy atom. The van der Waals surface area contributed by atoms with Crippen LogP contribution in [0.4, 0.5) is 0 Å². The highest BCUT2D eigenvalue weighted by atomic mass is 16.7. The second kappa shape index (κ2) is 5.61. The summed E-state index contributed by atoms with van der Waals surface area (Å²) < 4.78 is 10.6. The average molecular weight is 302 g/mol. The van der Waals surface area contributed by atoms with E-state index in [0.717, 1.165) is 22.1 Å². The molecule has 0 radical (unpaired) electrons. The Balaban J connectivity index is 1.64. The van der Waals surface area contributed by atoms with Crippen molar-refractivity contribution in [1.29, 1.82) is 0 Å². The second-order valence-electron chi connectivity index (χ2n) is 5.34. The van der Waals surface area contributed by atoms with Crippen molar-refractivity contribution in [2.75, 3.05) is 6.79 Å². The molecule has 23 heavy (non-hydrogen) atoms. The Morgan fingerprint density at radius 1 is 0.913 bits per heavy atom. The van der Waals surface area contributed by atoms with Crippen LogP contribution in [0.3, 0.4) is 0 Å². The van der Waals surface area contributed by atoms with Gasteiger partial charge in [-0.2, -0.15) is 0 Å². The minimum absolute atomic E-state index is 0.0144. The van der Waals surface area contributed by atoms with Crippen molar-refractivity contribution in [3.63, 3.8) is 0 Å². The van der Waals surface area contributed by atoms with Gasteiger partial charge in [0.15, 0.2) is 17.3 Å². The first-order valence-corrected chi connectivity index (χ1v) is 7.41. The summed E-state index contributed by atoms with van der Waals surface area (Å²) in [6, 6.07) is 19.3. The van der Waals surface area contributed by atoms with E-state index in [4.69, 9.17) is 9.47 Å². The number of rotatable bonds is 3. The normalized spacial score (nSPS) is 12.9. The molecule has 4 rings (SSSR count). The lowest BCUT2D eigenvalue weighted by Gasteiger charge is -2.03. The molecule has 1 aliphatic heterocycles. The van der Waals surface area contributed by atoms with Crippen molar-refractivity contribution in [2.45, 2.75) is 0 Å². The highest BCUT2D eigenvalue weighted by molar-refractivity contribution is 6.14. The van der Waals surface area contributed by atoms with Gasteiger partial charge in [0, 0.05) is 5.56 Å². The first-order valence-electron chi connectivity index (χ1n) is 7.41. The van der Waals surface area contributed by atoms with Crippen molar-refractivity contribution in [1.82, 2.24) is 0 Å². The number of benzene rings is 3. The molecule has 0 atom stereocenters.